The van der Waals surface area contributed by atoms with Gasteiger partial charge >= 0.3 is 0 Å². The van der Waals surface area contributed by atoms with E-state index >= 15 is 0 Å². The van der Waals surface area contributed by atoms with E-state index in [4.69, 9.17) is 0 Å². The van der Waals surface area contributed by atoms with Crippen molar-refractivity contribution in [3.63, 3.8) is 0 Å². The highest BCUT2D eigenvalue weighted by molar-refractivity contribution is 6.31. The third kappa shape index (κ3) is 3.89. The minimum absolute atomic E-state index is 0.0975. The first-order valence-corrected chi connectivity index (χ1v) is 13.1. The number of imidazole rings is 1. The highest BCUT2D eigenvalue weighted by Crippen LogP contribution is 2.37. The maximum Gasteiger partial charge on any atom is 0.264 e. The normalized spacial score (nSPS) is 13.9. The summed E-state index contributed by atoms with van der Waals surface area (Å²) in [6.07, 6.45) is 13.8. The molecule has 35 heavy (non-hydrogen) atoms. The molecule has 0 radical (unpaired) electrons. The number of benzene rings is 2. The number of hydrogen-bond acceptors (Lipinski definition) is 4. The van der Waals surface area contributed by atoms with E-state index in [1.807, 2.05) is 12.1 Å². The molecular weight excluding hydrogens is 438 g/mol. The van der Waals surface area contributed by atoms with E-state index in [0.29, 0.717) is 32.9 Å². The zero-order valence-electron chi connectivity index (χ0n) is 20.7. The van der Waals surface area contributed by atoms with Gasteiger partial charge in [0, 0.05) is 51.1 Å². The number of carbonyl (C=O) groups excluding carboxylic acids is 2. The van der Waals surface area contributed by atoms with E-state index in [9.17, 15) is 14.4 Å². The van der Waals surface area contributed by atoms with E-state index in [0.717, 1.165) is 56.8 Å². The molecule has 0 unspecified atom stereocenters. The molecule has 2 aromatic heterocycles. The number of imide groups is 1. The summed E-state index contributed by atoms with van der Waals surface area (Å²) in [4.78, 5) is 46.7. The molecule has 0 saturated heterocycles. The van der Waals surface area contributed by atoms with Gasteiger partial charge in [0.1, 0.15) is 5.65 Å². The third-order valence-corrected chi connectivity index (χ3v) is 7.54. The zero-order valence-corrected chi connectivity index (χ0v) is 20.7. The van der Waals surface area contributed by atoms with Gasteiger partial charge in [0.2, 0.25) is 0 Å². The molecule has 182 valence electrons. The van der Waals surface area contributed by atoms with Crippen LogP contribution in [0.15, 0.2) is 41.5 Å². The maximum absolute atomic E-state index is 13.8. The molecule has 5 rings (SSSR count). The fourth-order valence-electron chi connectivity index (χ4n) is 5.71. The van der Waals surface area contributed by atoms with Crippen LogP contribution >= 0.6 is 0 Å². The molecule has 1 aliphatic heterocycles. The molecule has 2 aromatic carbocycles. The Labute approximate surface area is 205 Å². The molecular formula is C29H33N3O3. The topological polar surface area (TPSA) is 71.8 Å². The molecule has 0 saturated carbocycles. The maximum atomic E-state index is 13.8. The highest BCUT2D eigenvalue weighted by atomic mass is 16.2. The Hall–Kier alpha value is -3.28. The average molecular weight is 472 g/mol. The van der Waals surface area contributed by atoms with Gasteiger partial charge in [-0.1, -0.05) is 65.2 Å². The van der Waals surface area contributed by atoms with Crippen LogP contribution in [0.25, 0.3) is 27.2 Å². The monoisotopic (exact) mass is 471 g/mol. The van der Waals surface area contributed by atoms with E-state index in [2.05, 4.69) is 18.8 Å². The molecule has 0 fully saturated rings. The lowest BCUT2D eigenvalue weighted by molar-refractivity contribution is 0.0517. The first-order chi connectivity index (χ1) is 17.1. The Bertz CT molecular complexity index is 1420. The van der Waals surface area contributed by atoms with E-state index in [-0.39, 0.29) is 23.4 Å². The van der Waals surface area contributed by atoms with Crippen LogP contribution in [0.2, 0.25) is 0 Å². The number of unbranched alkanes of at least 4 members (excludes halogenated alkanes) is 6. The second-order valence-corrected chi connectivity index (χ2v) is 9.83. The van der Waals surface area contributed by atoms with Crippen LogP contribution < -0.4 is 5.56 Å². The summed E-state index contributed by atoms with van der Waals surface area (Å²) in [7, 11) is 0. The van der Waals surface area contributed by atoms with E-state index in [1.165, 1.54) is 22.1 Å². The summed E-state index contributed by atoms with van der Waals surface area (Å²) in [5, 5.41) is 2.57. The number of aromatic nitrogens is 2. The van der Waals surface area contributed by atoms with Crippen LogP contribution in [-0.4, -0.2) is 32.1 Å². The Morgan fingerprint density at radius 3 is 1.94 bits per heavy atom. The lowest BCUT2D eigenvalue weighted by Gasteiger charge is -2.34. The van der Waals surface area contributed by atoms with E-state index < -0.39 is 0 Å². The number of rotatable bonds is 11. The SMILES string of the molecule is CCCCCCC(CCCCCC)N1C(=O)c2ccc3c(=O)n4ccnc4c4ccc(c2c34)C1=O. The molecule has 4 aromatic rings. The Kier molecular flexibility index (Phi) is 6.54. The summed E-state index contributed by atoms with van der Waals surface area (Å²) < 4.78 is 1.53. The van der Waals surface area contributed by atoms with Gasteiger partial charge in [-0.15, -0.1) is 0 Å². The summed E-state index contributed by atoms with van der Waals surface area (Å²) in [5.74, 6) is -0.466. The third-order valence-electron chi connectivity index (χ3n) is 7.54. The summed E-state index contributed by atoms with van der Waals surface area (Å²) in [5.41, 5.74) is 1.40. The lowest BCUT2D eigenvalue weighted by atomic mass is 9.88. The van der Waals surface area contributed by atoms with Crippen LogP contribution in [0.1, 0.15) is 98.8 Å². The molecule has 3 heterocycles. The molecule has 6 heteroatoms. The molecule has 0 spiro atoms. The average Bonchev–Trinajstić information content (AvgIpc) is 3.36. The van der Waals surface area contributed by atoms with Gasteiger partial charge in [-0.05, 0) is 37.1 Å². The number of carbonyl (C=O) groups is 2. The first-order valence-electron chi connectivity index (χ1n) is 13.1. The number of nitrogens with zero attached hydrogens (tertiary/aromatic N) is 3. The molecule has 6 nitrogen and oxygen atoms in total. The van der Waals surface area contributed by atoms with Crippen LogP contribution in [0.5, 0.6) is 0 Å². The van der Waals surface area contributed by atoms with Crippen LogP contribution in [0.3, 0.4) is 0 Å². The summed E-state index contributed by atoms with van der Waals surface area (Å²) >= 11 is 0. The highest BCUT2D eigenvalue weighted by Gasteiger charge is 2.38. The molecule has 2 amide bonds. The van der Waals surface area contributed by atoms with Crippen LogP contribution in [0.4, 0.5) is 0 Å². The summed E-state index contributed by atoms with van der Waals surface area (Å²) in [6, 6.07) is 7.06. The van der Waals surface area contributed by atoms with Crippen molar-refractivity contribution in [1.82, 2.24) is 14.3 Å². The van der Waals surface area contributed by atoms with E-state index in [1.54, 1.807) is 24.5 Å². The number of amides is 2. The smallest absolute Gasteiger partial charge is 0.264 e. The minimum atomic E-state index is -0.233. The van der Waals surface area contributed by atoms with Gasteiger partial charge < -0.3 is 0 Å². The molecule has 0 N–H and O–H groups in total. The second kappa shape index (κ2) is 9.76. The van der Waals surface area contributed by atoms with Crippen molar-refractivity contribution in [2.75, 3.05) is 0 Å². The van der Waals surface area contributed by atoms with Gasteiger partial charge in [-0.3, -0.25) is 23.7 Å². The number of hydrogen-bond donors (Lipinski definition) is 0. The number of fused-ring (bicyclic) bond motifs is 2. The van der Waals surface area contributed by atoms with Gasteiger partial charge in [0.05, 0.1) is 0 Å². The largest absolute Gasteiger partial charge is 0.271 e. The minimum Gasteiger partial charge on any atom is -0.271 e. The Morgan fingerprint density at radius 2 is 1.34 bits per heavy atom. The van der Waals surface area contributed by atoms with Crippen molar-refractivity contribution in [2.24, 2.45) is 0 Å². The lowest BCUT2D eigenvalue weighted by Crippen LogP contribution is -2.47. The van der Waals surface area contributed by atoms with Crippen molar-refractivity contribution in [1.29, 1.82) is 0 Å². The predicted molar refractivity (Wildman–Crippen MR) is 139 cm³/mol. The Morgan fingerprint density at radius 1 is 0.743 bits per heavy atom. The van der Waals surface area contributed by atoms with Crippen molar-refractivity contribution in [3.05, 3.63) is 58.1 Å². The quantitative estimate of drug-likeness (QED) is 0.189. The fourth-order valence-corrected chi connectivity index (χ4v) is 5.71. The van der Waals surface area contributed by atoms with Crippen molar-refractivity contribution in [3.8, 4) is 0 Å². The van der Waals surface area contributed by atoms with Gasteiger partial charge in [-0.2, -0.15) is 0 Å². The first kappa shape index (κ1) is 23.5. The standard InChI is InChI=1S/C29H33N3O3/c1-3-5-7-9-11-19(12-10-8-6-4-2)32-28(34)22-14-13-20-24-21(15-16-23(25(22)24)29(32)35)27(33)31-18-17-30-26(20)31/h13-19H,3-12H2,1-2H3. The van der Waals surface area contributed by atoms with Crippen LogP contribution in [0, 0.1) is 0 Å². The molecule has 0 bridgehead atoms. The molecule has 0 atom stereocenters. The molecule has 0 aliphatic carbocycles. The van der Waals surface area contributed by atoms with Gasteiger partial charge in [-0.25, -0.2) is 4.98 Å². The Balaban J connectivity index is 1.58. The van der Waals surface area contributed by atoms with Crippen molar-refractivity contribution >= 4 is 39.0 Å². The van der Waals surface area contributed by atoms with Crippen molar-refractivity contribution < 1.29 is 9.59 Å². The predicted octanol–water partition coefficient (Wildman–Crippen LogP) is 6.34. The summed E-state index contributed by atoms with van der Waals surface area (Å²) in [6.45, 7) is 4.37. The van der Waals surface area contributed by atoms with Crippen molar-refractivity contribution in [2.45, 2.75) is 84.1 Å². The van der Waals surface area contributed by atoms with Gasteiger partial charge in [0.25, 0.3) is 17.4 Å². The zero-order chi connectivity index (χ0) is 24.5. The van der Waals surface area contributed by atoms with Gasteiger partial charge in [0.15, 0.2) is 0 Å². The van der Waals surface area contributed by atoms with Crippen LogP contribution in [-0.2, 0) is 0 Å². The fraction of sp³-hybridized carbons (Fsp3) is 0.448. The second-order valence-electron chi connectivity index (χ2n) is 9.83. The molecule has 1 aliphatic rings. The number of pyridine rings is 1.